The predicted octanol–water partition coefficient (Wildman–Crippen LogP) is 4.71. The van der Waals surface area contributed by atoms with Crippen LogP contribution in [0.3, 0.4) is 0 Å². The maximum absolute atomic E-state index is 12.3. The molecular weight excluding hydrogens is 324 g/mol. The summed E-state index contributed by atoms with van der Waals surface area (Å²) in [6, 6.07) is 15.5. The normalized spacial score (nSPS) is 13.8. The van der Waals surface area contributed by atoms with E-state index >= 15 is 0 Å². The minimum atomic E-state index is -0.378. The lowest BCUT2D eigenvalue weighted by molar-refractivity contribution is 0.133. The number of halogens is 1. The Hall–Kier alpha value is -2.59. The molecule has 0 fully saturated rings. The molecule has 1 amide bonds. The Kier molecular flexibility index (Phi) is 3.62. The zero-order chi connectivity index (χ0) is 16.7. The SMILES string of the molecule is Cc1ccc2nc3c(cc2c1)CN(Cc1ccc(Cl)cc1)C(=O)O3. The van der Waals surface area contributed by atoms with Crippen molar-refractivity contribution in [2.24, 2.45) is 0 Å². The molecule has 1 aliphatic heterocycles. The Morgan fingerprint density at radius 3 is 2.75 bits per heavy atom. The third-order valence-electron chi connectivity index (χ3n) is 4.10. The number of rotatable bonds is 2. The highest BCUT2D eigenvalue weighted by atomic mass is 35.5. The summed E-state index contributed by atoms with van der Waals surface area (Å²) in [6.45, 7) is 3.00. The minimum Gasteiger partial charge on any atom is -0.391 e. The molecule has 2 heterocycles. The molecule has 4 nitrogen and oxygen atoms in total. The highest BCUT2D eigenvalue weighted by Crippen LogP contribution is 2.29. The molecule has 0 saturated heterocycles. The molecule has 0 saturated carbocycles. The summed E-state index contributed by atoms with van der Waals surface area (Å²) in [5.41, 5.74) is 3.93. The van der Waals surface area contributed by atoms with E-state index in [0.717, 1.165) is 22.0 Å². The van der Waals surface area contributed by atoms with Crippen molar-refractivity contribution in [1.29, 1.82) is 0 Å². The van der Waals surface area contributed by atoms with Gasteiger partial charge in [-0.1, -0.05) is 35.4 Å². The molecule has 0 N–H and O–H groups in total. The number of fused-ring (bicyclic) bond motifs is 2. The Labute approximate surface area is 144 Å². The van der Waals surface area contributed by atoms with Crippen LogP contribution in [0.4, 0.5) is 4.79 Å². The van der Waals surface area contributed by atoms with Crippen molar-refractivity contribution in [2.45, 2.75) is 20.0 Å². The van der Waals surface area contributed by atoms with Crippen LogP contribution in [0.5, 0.6) is 5.88 Å². The maximum atomic E-state index is 12.3. The Balaban J connectivity index is 1.65. The molecule has 2 aromatic carbocycles. The number of carbonyl (C=O) groups is 1. The van der Waals surface area contributed by atoms with Crippen LogP contribution in [-0.2, 0) is 13.1 Å². The number of carbonyl (C=O) groups excluding carboxylic acids is 1. The fourth-order valence-corrected chi connectivity index (χ4v) is 3.00. The van der Waals surface area contributed by atoms with Gasteiger partial charge in [0.2, 0.25) is 5.88 Å². The predicted molar refractivity (Wildman–Crippen MR) is 93.2 cm³/mol. The van der Waals surface area contributed by atoms with Crippen molar-refractivity contribution in [3.63, 3.8) is 0 Å². The number of nitrogens with zero attached hydrogens (tertiary/aromatic N) is 2. The van der Waals surface area contributed by atoms with Gasteiger partial charge in [0, 0.05) is 22.5 Å². The lowest BCUT2D eigenvalue weighted by Crippen LogP contribution is -2.36. The van der Waals surface area contributed by atoms with Gasteiger partial charge in [-0.2, -0.15) is 0 Å². The van der Waals surface area contributed by atoms with E-state index in [1.54, 1.807) is 4.90 Å². The highest BCUT2D eigenvalue weighted by Gasteiger charge is 2.26. The largest absolute Gasteiger partial charge is 0.417 e. The first kappa shape index (κ1) is 15.0. The summed E-state index contributed by atoms with van der Waals surface area (Å²) < 4.78 is 5.43. The number of hydrogen-bond acceptors (Lipinski definition) is 3. The summed E-state index contributed by atoms with van der Waals surface area (Å²) in [5.74, 6) is 0.406. The lowest BCUT2D eigenvalue weighted by Gasteiger charge is -2.27. The van der Waals surface area contributed by atoms with E-state index in [-0.39, 0.29) is 6.09 Å². The summed E-state index contributed by atoms with van der Waals surface area (Å²) in [7, 11) is 0. The smallest absolute Gasteiger partial charge is 0.391 e. The van der Waals surface area contributed by atoms with Crippen LogP contribution >= 0.6 is 11.6 Å². The van der Waals surface area contributed by atoms with Gasteiger partial charge in [-0.15, -0.1) is 0 Å². The molecule has 5 heteroatoms. The van der Waals surface area contributed by atoms with Crippen molar-refractivity contribution >= 4 is 28.6 Å². The van der Waals surface area contributed by atoms with Crippen molar-refractivity contribution in [1.82, 2.24) is 9.88 Å². The molecule has 24 heavy (non-hydrogen) atoms. The Morgan fingerprint density at radius 1 is 1.17 bits per heavy atom. The molecular formula is C19H15ClN2O2. The third-order valence-corrected chi connectivity index (χ3v) is 4.35. The molecule has 4 rings (SSSR count). The van der Waals surface area contributed by atoms with Gasteiger partial charge in [0.05, 0.1) is 12.1 Å². The van der Waals surface area contributed by atoms with E-state index < -0.39 is 0 Å². The first-order chi connectivity index (χ1) is 11.6. The maximum Gasteiger partial charge on any atom is 0.417 e. The minimum absolute atomic E-state index is 0.378. The van der Waals surface area contributed by atoms with E-state index in [2.05, 4.69) is 11.1 Å². The molecule has 120 valence electrons. The monoisotopic (exact) mass is 338 g/mol. The second kappa shape index (κ2) is 5.80. The van der Waals surface area contributed by atoms with Crippen LogP contribution < -0.4 is 4.74 Å². The van der Waals surface area contributed by atoms with Gasteiger partial charge in [0.25, 0.3) is 0 Å². The van der Waals surface area contributed by atoms with Gasteiger partial charge in [0.15, 0.2) is 0 Å². The zero-order valence-corrected chi connectivity index (χ0v) is 13.9. The molecule has 0 radical (unpaired) electrons. The standard InChI is InChI=1S/C19H15ClN2O2/c1-12-2-7-17-14(8-12)9-15-11-22(19(23)24-18(15)21-17)10-13-3-5-16(20)6-4-13/h2-9H,10-11H2,1H3. The second-order valence-electron chi connectivity index (χ2n) is 6.00. The van der Waals surface area contributed by atoms with Crippen LogP contribution in [0, 0.1) is 6.92 Å². The Morgan fingerprint density at radius 2 is 1.96 bits per heavy atom. The van der Waals surface area contributed by atoms with Crippen LogP contribution in [-0.4, -0.2) is 16.0 Å². The molecule has 0 aliphatic carbocycles. The molecule has 0 bridgehead atoms. The number of amides is 1. The summed E-state index contributed by atoms with van der Waals surface area (Å²) in [6.07, 6.45) is -0.378. The average molecular weight is 339 g/mol. The number of ether oxygens (including phenoxy) is 1. The van der Waals surface area contributed by atoms with E-state index in [1.807, 2.05) is 49.4 Å². The number of pyridine rings is 1. The molecule has 3 aromatic rings. The van der Waals surface area contributed by atoms with E-state index in [1.165, 1.54) is 5.56 Å². The molecule has 1 aliphatic rings. The van der Waals surface area contributed by atoms with E-state index in [9.17, 15) is 4.79 Å². The van der Waals surface area contributed by atoms with Crippen LogP contribution in [0.1, 0.15) is 16.7 Å². The van der Waals surface area contributed by atoms with Gasteiger partial charge in [-0.25, -0.2) is 9.78 Å². The van der Waals surface area contributed by atoms with Crippen molar-refractivity contribution in [2.75, 3.05) is 0 Å². The van der Waals surface area contributed by atoms with Crippen LogP contribution in [0.25, 0.3) is 10.9 Å². The van der Waals surface area contributed by atoms with E-state index in [0.29, 0.717) is 24.0 Å². The summed E-state index contributed by atoms with van der Waals surface area (Å²) in [4.78, 5) is 18.4. The fourth-order valence-electron chi connectivity index (χ4n) is 2.87. The third kappa shape index (κ3) is 2.81. The van der Waals surface area contributed by atoms with Crippen molar-refractivity contribution < 1.29 is 9.53 Å². The van der Waals surface area contributed by atoms with Crippen LogP contribution in [0.2, 0.25) is 5.02 Å². The van der Waals surface area contributed by atoms with Gasteiger partial charge >= 0.3 is 6.09 Å². The molecule has 0 unspecified atom stereocenters. The second-order valence-corrected chi connectivity index (χ2v) is 6.44. The Bertz CT molecular complexity index is 938. The highest BCUT2D eigenvalue weighted by molar-refractivity contribution is 6.30. The lowest BCUT2D eigenvalue weighted by atomic mass is 10.1. The van der Waals surface area contributed by atoms with E-state index in [4.69, 9.17) is 16.3 Å². The van der Waals surface area contributed by atoms with Crippen LogP contribution in [0.15, 0.2) is 48.5 Å². The topological polar surface area (TPSA) is 42.4 Å². The molecule has 0 spiro atoms. The number of aromatic nitrogens is 1. The number of benzene rings is 2. The van der Waals surface area contributed by atoms with Gasteiger partial charge < -0.3 is 4.74 Å². The van der Waals surface area contributed by atoms with Crippen molar-refractivity contribution in [3.05, 3.63) is 70.2 Å². The zero-order valence-electron chi connectivity index (χ0n) is 13.1. The summed E-state index contributed by atoms with van der Waals surface area (Å²) >= 11 is 5.90. The first-order valence-corrected chi connectivity index (χ1v) is 8.08. The van der Waals surface area contributed by atoms with Crippen molar-refractivity contribution in [3.8, 4) is 5.88 Å². The average Bonchev–Trinajstić information content (AvgIpc) is 2.56. The molecule has 1 aromatic heterocycles. The van der Waals surface area contributed by atoms with Gasteiger partial charge in [-0.05, 0) is 42.8 Å². The number of hydrogen-bond donors (Lipinski definition) is 0. The summed E-state index contributed by atoms with van der Waals surface area (Å²) in [5, 5.41) is 1.73. The fraction of sp³-hybridized carbons (Fsp3) is 0.158. The first-order valence-electron chi connectivity index (χ1n) is 7.70. The number of aryl methyl sites for hydroxylation is 1. The van der Waals surface area contributed by atoms with Gasteiger partial charge in [0.1, 0.15) is 0 Å². The van der Waals surface area contributed by atoms with Gasteiger partial charge in [-0.3, -0.25) is 4.90 Å². The molecule has 0 atom stereocenters. The quantitative estimate of drug-likeness (QED) is 0.679.